The Morgan fingerprint density at radius 3 is 0.704 bits per heavy atom. The van der Waals surface area contributed by atoms with E-state index in [0.29, 0.717) is 0 Å². The Hall–Kier alpha value is -3.10. The van der Waals surface area contributed by atoms with E-state index in [1.54, 1.807) is 0 Å². The maximum atomic E-state index is 4.76. The second-order valence-electron chi connectivity index (χ2n) is 30.4. The number of thioether (sulfide) groups is 2. The highest BCUT2D eigenvalue weighted by molar-refractivity contribution is 9.12. The Bertz CT molecular complexity index is 3150. The molecule has 11 rings (SSSR count). The van der Waals surface area contributed by atoms with Crippen LogP contribution in [0.2, 0.25) is 0 Å². The van der Waals surface area contributed by atoms with Crippen molar-refractivity contribution in [3.05, 3.63) is 220 Å². The van der Waals surface area contributed by atoms with E-state index in [1.165, 1.54) is 354 Å². The van der Waals surface area contributed by atoms with Crippen LogP contribution < -0.4 is 0 Å². The van der Waals surface area contributed by atoms with Crippen molar-refractivity contribution >= 4 is 87.9 Å². The van der Waals surface area contributed by atoms with Crippen LogP contribution in [0.5, 0.6) is 0 Å². The summed E-state index contributed by atoms with van der Waals surface area (Å²) in [6.45, 7) is 9.28. The van der Waals surface area contributed by atoms with Gasteiger partial charge in [0, 0.05) is 19.6 Å². The maximum absolute atomic E-state index is 4.76. The third-order valence-electron chi connectivity index (χ3n) is 23.0. The molecule has 2 unspecified atom stereocenters. The highest BCUT2D eigenvalue weighted by Gasteiger charge is 2.64. The van der Waals surface area contributed by atoms with Crippen molar-refractivity contribution in [3.63, 3.8) is 0 Å². The summed E-state index contributed by atoms with van der Waals surface area (Å²) in [5.41, 5.74) is 19.2. The Balaban J connectivity index is 0.892. The Labute approximate surface area is 630 Å². The molecule has 528 valence electrons. The number of halogens is 2. The molecule has 98 heavy (non-hydrogen) atoms. The maximum Gasteiger partial charge on any atom is 0.119 e. The molecule has 5 aliphatic rings. The van der Waals surface area contributed by atoms with Crippen molar-refractivity contribution in [2.24, 2.45) is 0 Å². The zero-order valence-electron chi connectivity index (χ0n) is 61.2. The zero-order valence-corrected chi connectivity index (χ0v) is 67.6. The molecular weight excluding hydrogens is 1390 g/mol. The predicted octanol–water partition coefficient (Wildman–Crippen LogP) is 31.0. The number of unbranched alkanes of at least 4 members (excludes halogenated alkanes) is 36. The van der Waals surface area contributed by atoms with Gasteiger partial charge < -0.3 is 0 Å². The van der Waals surface area contributed by atoms with Crippen molar-refractivity contribution < 1.29 is 0 Å². The minimum Gasteiger partial charge on any atom is -0.143 e. The van der Waals surface area contributed by atoms with Crippen molar-refractivity contribution in [2.75, 3.05) is 0 Å². The average molecular weight is 1520 g/mol. The average Bonchev–Trinajstić information content (AvgIpc) is 1.49. The van der Waals surface area contributed by atoms with Crippen molar-refractivity contribution in [3.8, 4) is 0 Å². The monoisotopic (exact) mass is 1510 g/mol. The summed E-state index contributed by atoms with van der Waals surface area (Å²) >= 11 is 17.6. The first-order valence-corrected chi connectivity index (χ1v) is 45.5. The zero-order chi connectivity index (χ0) is 67.9. The summed E-state index contributed by atoms with van der Waals surface area (Å²) in [4.78, 5) is 5.77. The van der Waals surface area contributed by atoms with Gasteiger partial charge in [0.15, 0.2) is 0 Å². The fraction of sp³-hybridized carbons (Fsp3) is 0.565. The van der Waals surface area contributed by atoms with Crippen molar-refractivity contribution in [1.29, 1.82) is 0 Å². The summed E-state index contributed by atoms with van der Waals surface area (Å²) in [6, 6.07) is 45.4. The normalized spacial score (nSPS) is 18.5. The number of hydrogen-bond acceptors (Lipinski definition) is 4. The number of fused-ring (bicyclic) bond motifs is 8. The van der Waals surface area contributed by atoms with E-state index in [9.17, 15) is 0 Å². The lowest BCUT2D eigenvalue weighted by molar-refractivity contribution is 0.556. The van der Waals surface area contributed by atoms with Crippen LogP contribution in [-0.2, 0) is 36.5 Å². The predicted molar refractivity (Wildman–Crippen MR) is 445 cm³/mol. The lowest BCUT2D eigenvalue weighted by atomic mass is 9.63. The minimum absolute atomic E-state index is 0.478. The minimum atomic E-state index is -0.481. The van der Waals surface area contributed by atoms with E-state index in [-0.39, 0.29) is 0 Å². The fourth-order valence-electron chi connectivity index (χ4n) is 17.4. The molecule has 0 bridgehead atoms. The van der Waals surface area contributed by atoms with Gasteiger partial charge in [-0.2, -0.15) is 0 Å². The van der Waals surface area contributed by atoms with E-state index in [4.69, 9.17) is 31.9 Å². The van der Waals surface area contributed by atoms with Gasteiger partial charge in [0.05, 0.1) is 10.8 Å². The standard InChI is InChI=1S/C92H122Br2S4/c1-5-9-13-17-21-25-29-33-37-41-45-71-49-57-75(58-50-71)91(76-59-51-72(52-60-76)46-42-38-34-30-26-22-18-14-10-6-2)79-65-67-95-85(79)87-83(91)81-69-90(94)82(70-89(81,93)97-87)84-88(98-90)86-80(66-68-96-86)92(84,77-61-53-73(54-62-77)47-43-39-35-31-27-23-19-15-11-7-3)78-63-55-74(56-64-78)48-44-40-36-32-28-24-20-16-12-8-4/h49-70H,5-48H2,1-4H3. The smallest absolute Gasteiger partial charge is 0.119 e. The molecule has 4 aromatic carbocycles. The Morgan fingerprint density at radius 1 is 0.265 bits per heavy atom. The molecule has 2 atom stereocenters. The van der Waals surface area contributed by atoms with Gasteiger partial charge in [-0.05, 0) is 164 Å². The van der Waals surface area contributed by atoms with Crippen LogP contribution in [0.3, 0.4) is 0 Å². The number of rotatable bonds is 48. The molecule has 0 saturated carbocycles. The molecule has 3 aliphatic carbocycles. The third-order valence-corrected chi connectivity index (χ3v) is 29.9. The SMILES string of the molecule is CCCCCCCCCCCCc1ccc(C2(c3ccc(CCCCCCCCCCCC)cc3)C3=C(SC4(Br)C=C5C6=C(SC5(Br)C=C34)c3sccc3C6(c3ccc(CCCCCCCCCCCC)cc3)c3ccc(CCCCCCCCCCCC)cc3)c3sccc32)cc1. The molecule has 0 spiro atoms. The second kappa shape index (κ2) is 38.6. The van der Waals surface area contributed by atoms with E-state index < -0.39 is 18.1 Å². The number of hydrogen-bond donors (Lipinski definition) is 0. The summed E-state index contributed by atoms with van der Waals surface area (Å²) in [5.74, 6) is 0. The molecule has 0 nitrogen and oxygen atoms in total. The first-order valence-electron chi connectivity index (χ1n) is 40.5. The first kappa shape index (κ1) is 76.0. The molecule has 0 amide bonds. The van der Waals surface area contributed by atoms with Crippen LogP contribution in [0.15, 0.2) is 154 Å². The van der Waals surface area contributed by atoms with E-state index in [0.717, 1.165) is 25.7 Å². The number of alkyl halides is 2. The molecule has 6 aromatic rings. The number of allylic oxidation sites excluding steroid dienone is 2. The van der Waals surface area contributed by atoms with Crippen LogP contribution in [0.4, 0.5) is 0 Å². The van der Waals surface area contributed by atoms with Crippen LogP contribution in [-0.4, -0.2) is 7.31 Å². The van der Waals surface area contributed by atoms with Gasteiger partial charge in [0.1, 0.15) is 7.31 Å². The van der Waals surface area contributed by atoms with Crippen molar-refractivity contribution in [2.45, 2.75) is 328 Å². The Kier molecular flexibility index (Phi) is 29.9. The lowest BCUT2D eigenvalue weighted by Crippen LogP contribution is -2.37. The highest BCUT2D eigenvalue weighted by atomic mass is 79.9. The van der Waals surface area contributed by atoms with E-state index in [1.807, 2.05) is 22.7 Å². The number of benzene rings is 4. The van der Waals surface area contributed by atoms with Gasteiger partial charge in [0.25, 0.3) is 0 Å². The molecule has 0 radical (unpaired) electrons. The highest BCUT2D eigenvalue weighted by Crippen LogP contribution is 2.77. The summed E-state index contributed by atoms with van der Waals surface area (Å²) < 4.78 is -0.963. The number of aryl methyl sites for hydroxylation is 4. The van der Waals surface area contributed by atoms with Crippen LogP contribution in [0.25, 0.3) is 9.81 Å². The third kappa shape index (κ3) is 18.0. The summed E-state index contributed by atoms with van der Waals surface area (Å²) in [7, 11) is 0. The molecule has 0 N–H and O–H groups in total. The van der Waals surface area contributed by atoms with Gasteiger partial charge in [-0.1, -0.05) is 411 Å². The second-order valence-corrected chi connectivity index (χ2v) is 38.3. The molecule has 4 heterocycles. The van der Waals surface area contributed by atoms with Crippen LogP contribution in [0, 0.1) is 0 Å². The molecule has 6 heteroatoms. The Morgan fingerprint density at radius 2 is 0.480 bits per heavy atom. The van der Waals surface area contributed by atoms with Crippen LogP contribution >= 0.6 is 78.1 Å². The van der Waals surface area contributed by atoms with Gasteiger partial charge >= 0.3 is 0 Å². The molecule has 2 aliphatic heterocycles. The van der Waals surface area contributed by atoms with Crippen molar-refractivity contribution in [1.82, 2.24) is 0 Å². The fourth-order valence-corrected chi connectivity index (χ4v) is 24.4. The molecule has 0 fully saturated rings. The topological polar surface area (TPSA) is 0 Å². The molecule has 2 aromatic heterocycles. The lowest BCUT2D eigenvalue weighted by Gasteiger charge is -2.42. The van der Waals surface area contributed by atoms with E-state index >= 15 is 0 Å². The van der Waals surface area contributed by atoms with E-state index in [2.05, 4.69) is 183 Å². The van der Waals surface area contributed by atoms with Gasteiger partial charge in [-0.25, -0.2) is 0 Å². The molecule has 0 saturated heterocycles. The quantitative estimate of drug-likeness (QED) is 0.0276. The number of thiophene rings is 2. The first-order chi connectivity index (χ1) is 48.2. The summed E-state index contributed by atoms with van der Waals surface area (Å²) in [5, 5.41) is 4.78. The summed E-state index contributed by atoms with van der Waals surface area (Å²) in [6.07, 6.45) is 64.8. The van der Waals surface area contributed by atoms with Gasteiger partial charge in [-0.15, -0.1) is 22.7 Å². The largest absolute Gasteiger partial charge is 0.143 e. The molecular formula is C92H122Br2S4. The van der Waals surface area contributed by atoms with Gasteiger partial charge in [-0.3, -0.25) is 0 Å². The van der Waals surface area contributed by atoms with Crippen LogP contribution in [0.1, 0.15) is 350 Å². The van der Waals surface area contributed by atoms with Gasteiger partial charge in [0.2, 0.25) is 0 Å².